The molecular weight excluding hydrogens is 309 g/mol. The lowest BCUT2D eigenvalue weighted by Gasteiger charge is -2.07. The molecule has 2 N–H and O–H groups in total. The van der Waals surface area contributed by atoms with E-state index in [1.165, 1.54) is 0 Å². The van der Waals surface area contributed by atoms with Crippen LogP contribution >= 0.6 is 23.2 Å². The minimum Gasteiger partial charge on any atom is -0.397 e. The molecule has 5 nitrogen and oxygen atoms in total. The molecule has 0 amide bonds. The topological polar surface area (TPSA) is 69.6 Å². The molecule has 0 saturated heterocycles. The van der Waals surface area contributed by atoms with Crippen LogP contribution in [0.25, 0.3) is 17.1 Å². The van der Waals surface area contributed by atoms with Crippen LogP contribution in [0.1, 0.15) is 5.56 Å². The highest BCUT2D eigenvalue weighted by molar-refractivity contribution is 6.43. The minimum atomic E-state index is 0.328. The van der Waals surface area contributed by atoms with Crippen molar-refractivity contribution in [3.63, 3.8) is 0 Å². The fourth-order valence-electron chi connectivity index (χ4n) is 1.97. The van der Waals surface area contributed by atoms with Crippen molar-refractivity contribution in [2.45, 2.75) is 6.92 Å². The third-order valence-electron chi connectivity index (χ3n) is 3.06. The summed E-state index contributed by atoms with van der Waals surface area (Å²) in [6.45, 7) is 2.02. The molecule has 0 atom stereocenters. The lowest BCUT2D eigenvalue weighted by molar-refractivity contribution is 0.791. The minimum absolute atomic E-state index is 0.328. The van der Waals surface area contributed by atoms with Crippen LogP contribution in [0.2, 0.25) is 10.0 Å². The molecule has 7 heteroatoms. The highest BCUT2D eigenvalue weighted by atomic mass is 35.5. The Hall–Kier alpha value is -2.11. The fraction of sp³-hybridized carbons (Fsp3) is 0.0714. The first kappa shape index (κ1) is 13.9. The number of aromatic nitrogens is 4. The van der Waals surface area contributed by atoms with Gasteiger partial charge in [0.05, 0.1) is 21.4 Å². The summed E-state index contributed by atoms with van der Waals surface area (Å²) in [4.78, 5) is 0. The molecule has 0 aliphatic carbocycles. The van der Waals surface area contributed by atoms with Gasteiger partial charge in [-0.25, -0.2) is 0 Å². The first-order valence-corrected chi connectivity index (χ1v) is 6.92. The Balaban J connectivity index is 2.13. The number of nitrogens with zero attached hydrogens (tertiary/aromatic N) is 4. The van der Waals surface area contributed by atoms with Crippen molar-refractivity contribution in [3.05, 3.63) is 52.0 Å². The van der Waals surface area contributed by atoms with Gasteiger partial charge in [-0.1, -0.05) is 40.9 Å². The Morgan fingerprint density at radius 3 is 2.48 bits per heavy atom. The molecule has 0 spiro atoms. The Labute approximate surface area is 131 Å². The number of nitrogens with two attached hydrogens (primary N) is 1. The molecule has 21 heavy (non-hydrogen) atoms. The second-order valence-electron chi connectivity index (χ2n) is 4.61. The van der Waals surface area contributed by atoms with Gasteiger partial charge >= 0.3 is 0 Å². The summed E-state index contributed by atoms with van der Waals surface area (Å²) >= 11 is 12.0. The van der Waals surface area contributed by atoms with Crippen LogP contribution in [-0.2, 0) is 0 Å². The van der Waals surface area contributed by atoms with Crippen molar-refractivity contribution in [2.75, 3.05) is 5.73 Å². The van der Waals surface area contributed by atoms with Crippen LogP contribution in [0.3, 0.4) is 0 Å². The molecule has 1 heterocycles. The van der Waals surface area contributed by atoms with Crippen molar-refractivity contribution < 1.29 is 0 Å². The molecule has 0 unspecified atom stereocenters. The number of hydrogen-bond donors (Lipinski definition) is 1. The van der Waals surface area contributed by atoms with E-state index in [1.807, 2.05) is 31.2 Å². The summed E-state index contributed by atoms with van der Waals surface area (Å²) in [6, 6.07) is 11.3. The lowest BCUT2D eigenvalue weighted by atomic mass is 10.1. The average molecular weight is 320 g/mol. The van der Waals surface area contributed by atoms with E-state index < -0.39 is 0 Å². The summed E-state index contributed by atoms with van der Waals surface area (Å²) < 4.78 is 1.62. The standard InChI is InChI=1S/C14H11Cl2N5/c1-8-2-4-10(5-3-8)21-14(18-19-20-21)9-6-11(15)13(16)12(17)7-9/h2-7H,17H2,1H3. The number of anilines is 1. The van der Waals surface area contributed by atoms with Gasteiger partial charge in [-0.05, 0) is 41.6 Å². The van der Waals surface area contributed by atoms with Gasteiger partial charge in [0.15, 0.2) is 5.82 Å². The summed E-state index contributed by atoms with van der Waals surface area (Å²) in [5.41, 5.74) is 8.94. The fourth-order valence-corrected chi connectivity index (χ4v) is 2.30. The van der Waals surface area contributed by atoms with Gasteiger partial charge in [-0.15, -0.1) is 5.10 Å². The van der Waals surface area contributed by atoms with E-state index in [0.717, 1.165) is 11.3 Å². The number of aryl methyl sites for hydroxylation is 1. The molecule has 0 bridgehead atoms. The van der Waals surface area contributed by atoms with Crippen LogP contribution < -0.4 is 5.73 Å². The van der Waals surface area contributed by atoms with Gasteiger partial charge in [0.2, 0.25) is 0 Å². The smallest absolute Gasteiger partial charge is 0.187 e. The molecule has 0 saturated carbocycles. The largest absolute Gasteiger partial charge is 0.397 e. The molecule has 1 aromatic heterocycles. The number of halogens is 2. The van der Waals surface area contributed by atoms with Gasteiger partial charge in [0, 0.05) is 5.56 Å². The molecule has 3 rings (SSSR count). The van der Waals surface area contributed by atoms with Crippen LogP contribution in [0.15, 0.2) is 36.4 Å². The highest BCUT2D eigenvalue weighted by Crippen LogP contribution is 2.33. The average Bonchev–Trinajstić information content (AvgIpc) is 2.94. The number of benzene rings is 2. The number of tetrazole rings is 1. The Morgan fingerprint density at radius 2 is 1.81 bits per heavy atom. The van der Waals surface area contributed by atoms with E-state index in [-0.39, 0.29) is 0 Å². The number of rotatable bonds is 2. The van der Waals surface area contributed by atoms with Crippen LogP contribution in [0, 0.1) is 6.92 Å². The van der Waals surface area contributed by atoms with Crippen molar-refractivity contribution in [1.82, 2.24) is 20.2 Å². The summed E-state index contributed by atoms with van der Waals surface area (Å²) in [5.74, 6) is 0.545. The van der Waals surface area contributed by atoms with E-state index in [9.17, 15) is 0 Å². The first-order valence-electron chi connectivity index (χ1n) is 6.16. The van der Waals surface area contributed by atoms with E-state index in [0.29, 0.717) is 27.1 Å². The molecule has 2 aromatic carbocycles. The first-order chi connectivity index (χ1) is 10.1. The Morgan fingerprint density at radius 1 is 1.10 bits per heavy atom. The lowest BCUT2D eigenvalue weighted by Crippen LogP contribution is -2.00. The van der Waals surface area contributed by atoms with Gasteiger partial charge < -0.3 is 5.73 Å². The summed E-state index contributed by atoms with van der Waals surface area (Å²) in [7, 11) is 0. The Bertz CT molecular complexity index is 772. The van der Waals surface area contributed by atoms with Gasteiger partial charge in [-0.2, -0.15) is 4.68 Å². The Kier molecular flexibility index (Phi) is 3.53. The van der Waals surface area contributed by atoms with E-state index >= 15 is 0 Å². The second-order valence-corrected chi connectivity index (χ2v) is 5.40. The van der Waals surface area contributed by atoms with Crippen molar-refractivity contribution in [1.29, 1.82) is 0 Å². The summed E-state index contributed by atoms with van der Waals surface area (Å²) in [6.07, 6.45) is 0. The normalized spacial score (nSPS) is 10.8. The van der Waals surface area contributed by atoms with Crippen molar-refractivity contribution in [3.8, 4) is 17.1 Å². The van der Waals surface area contributed by atoms with Gasteiger partial charge in [-0.3, -0.25) is 0 Å². The van der Waals surface area contributed by atoms with Crippen molar-refractivity contribution >= 4 is 28.9 Å². The molecular formula is C14H11Cl2N5. The number of hydrogen-bond acceptors (Lipinski definition) is 4. The maximum absolute atomic E-state index is 6.07. The zero-order chi connectivity index (χ0) is 15.0. The van der Waals surface area contributed by atoms with Crippen LogP contribution in [0.5, 0.6) is 0 Å². The quantitative estimate of drug-likeness (QED) is 0.733. The van der Waals surface area contributed by atoms with E-state index in [2.05, 4.69) is 15.5 Å². The van der Waals surface area contributed by atoms with E-state index in [1.54, 1.807) is 16.8 Å². The molecule has 3 aromatic rings. The number of nitrogen functional groups attached to an aromatic ring is 1. The second kappa shape index (κ2) is 5.35. The highest BCUT2D eigenvalue weighted by Gasteiger charge is 2.14. The van der Waals surface area contributed by atoms with Crippen LogP contribution in [0.4, 0.5) is 5.69 Å². The van der Waals surface area contributed by atoms with Gasteiger partial charge in [0.1, 0.15) is 0 Å². The maximum atomic E-state index is 6.07. The molecule has 0 radical (unpaired) electrons. The van der Waals surface area contributed by atoms with Crippen molar-refractivity contribution in [2.24, 2.45) is 0 Å². The van der Waals surface area contributed by atoms with Crippen LogP contribution in [-0.4, -0.2) is 20.2 Å². The SMILES string of the molecule is Cc1ccc(-n2nnnc2-c2cc(N)c(Cl)c(Cl)c2)cc1. The predicted octanol–water partition coefficient (Wildman–Crippen LogP) is 3.53. The zero-order valence-electron chi connectivity index (χ0n) is 11.1. The molecule has 0 aliphatic heterocycles. The molecule has 0 fully saturated rings. The predicted molar refractivity (Wildman–Crippen MR) is 83.8 cm³/mol. The monoisotopic (exact) mass is 319 g/mol. The van der Waals surface area contributed by atoms with E-state index in [4.69, 9.17) is 28.9 Å². The maximum Gasteiger partial charge on any atom is 0.187 e. The zero-order valence-corrected chi connectivity index (χ0v) is 12.6. The third-order valence-corrected chi connectivity index (χ3v) is 3.88. The van der Waals surface area contributed by atoms with Gasteiger partial charge in [0.25, 0.3) is 0 Å². The third kappa shape index (κ3) is 2.57. The molecule has 106 valence electrons. The molecule has 0 aliphatic rings. The summed E-state index contributed by atoms with van der Waals surface area (Å²) in [5, 5.41) is 12.5.